The number of nitrogens with zero attached hydrogens (tertiary/aromatic N) is 4. The van der Waals surface area contributed by atoms with Gasteiger partial charge in [0.25, 0.3) is 0 Å². The molecule has 0 radical (unpaired) electrons. The number of nitrogens with two attached hydrogens (primary N) is 1. The van der Waals surface area contributed by atoms with Crippen LogP contribution in [0.1, 0.15) is 82.4 Å². The number of imidazole rings is 1. The Morgan fingerprint density at radius 1 is 1.07 bits per heavy atom. The van der Waals surface area contributed by atoms with Gasteiger partial charge in [-0.15, -0.1) is 11.3 Å². The summed E-state index contributed by atoms with van der Waals surface area (Å²) in [6, 6.07) is 4.12. The maximum Gasteiger partial charge on any atom is 0.353 e. The van der Waals surface area contributed by atoms with Gasteiger partial charge in [-0.1, -0.05) is 62.9 Å². The zero-order chi connectivity index (χ0) is 29.2. The molecule has 0 aliphatic rings. The molecule has 0 fully saturated rings. The van der Waals surface area contributed by atoms with Crippen molar-refractivity contribution >= 4 is 47.7 Å². The molecule has 3 N–H and O–H groups in total. The van der Waals surface area contributed by atoms with Crippen LogP contribution in [0.25, 0.3) is 11.2 Å². The number of aromatic nitrogens is 4. The van der Waals surface area contributed by atoms with Crippen LogP contribution in [0, 0.1) is 11.8 Å². The van der Waals surface area contributed by atoms with Crippen molar-refractivity contribution in [2.75, 3.05) is 30.2 Å². The number of thiophene rings is 1. The van der Waals surface area contributed by atoms with Gasteiger partial charge in [-0.05, 0) is 49.1 Å². The van der Waals surface area contributed by atoms with Crippen LogP contribution in [0.3, 0.4) is 0 Å². The predicted octanol–water partition coefficient (Wildman–Crippen LogP) is 7.11. The first-order chi connectivity index (χ1) is 19.9. The molecule has 1 unspecified atom stereocenters. The Morgan fingerprint density at radius 2 is 1.80 bits per heavy atom. The van der Waals surface area contributed by atoms with Crippen molar-refractivity contribution in [1.82, 2.24) is 19.5 Å². The molecule has 0 aliphatic carbocycles. The van der Waals surface area contributed by atoms with Crippen LogP contribution in [0.4, 0.5) is 5.82 Å². The third-order valence-electron chi connectivity index (χ3n) is 6.45. The number of nitrogen functional groups attached to an aromatic ring is 1. The minimum Gasteiger partial charge on any atom is -0.382 e. The minimum atomic E-state index is -3.80. The van der Waals surface area contributed by atoms with E-state index in [-0.39, 0.29) is 19.1 Å². The average Bonchev–Trinajstić information content (AvgIpc) is 3.62. The molecule has 2 atom stereocenters. The lowest BCUT2D eigenvalue weighted by Crippen LogP contribution is -2.17. The van der Waals surface area contributed by atoms with Crippen LogP contribution in [0.2, 0.25) is 0 Å². The molecule has 12 heteroatoms. The fourth-order valence-corrected chi connectivity index (χ4v) is 6.70. The van der Waals surface area contributed by atoms with Gasteiger partial charge in [0.1, 0.15) is 18.2 Å². The minimum absolute atomic E-state index is 0.252. The average molecular weight is 622 g/mol. The summed E-state index contributed by atoms with van der Waals surface area (Å²) in [5, 5.41) is 2.07. The van der Waals surface area contributed by atoms with Crippen molar-refractivity contribution in [3.63, 3.8) is 0 Å². The van der Waals surface area contributed by atoms with E-state index in [1.54, 1.807) is 22.2 Å². The highest BCUT2D eigenvalue weighted by Gasteiger charge is 2.21. The van der Waals surface area contributed by atoms with Crippen LogP contribution in [-0.4, -0.2) is 55.0 Å². The highest BCUT2D eigenvalue weighted by atomic mass is 32.2. The lowest BCUT2D eigenvalue weighted by Gasteiger charge is -2.17. The number of thioether (sulfide) groups is 1. The van der Waals surface area contributed by atoms with E-state index in [2.05, 4.69) is 38.2 Å². The summed E-state index contributed by atoms with van der Waals surface area (Å²) in [5.74, 6) is 8.87. The fourth-order valence-electron chi connectivity index (χ4n) is 4.25. The van der Waals surface area contributed by atoms with E-state index in [0.717, 1.165) is 24.3 Å². The molecule has 41 heavy (non-hydrogen) atoms. The first-order valence-electron chi connectivity index (χ1n) is 14.5. The molecule has 0 aromatic carbocycles. The topological polar surface area (TPSA) is 125 Å². The third-order valence-corrected chi connectivity index (χ3v) is 9.46. The SMILES string of the molecule is C[C@H](Cn1cnc2c(N)ncnc21)OCP(=O)(O)OCCCSCCCCCCCCCCCC#Cc1cccs1. The maximum absolute atomic E-state index is 12.3. The van der Waals surface area contributed by atoms with E-state index in [9.17, 15) is 9.46 Å². The number of rotatable bonds is 21. The Kier molecular flexibility index (Phi) is 15.8. The molecule has 226 valence electrons. The maximum atomic E-state index is 12.3. The van der Waals surface area contributed by atoms with Gasteiger partial charge >= 0.3 is 7.60 Å². The predicted molar refractivity (Wildman–Crippen MR) is 170 cm³/mol. The molecule has 0 saturated carbocycles. The molecule has 0 aliphatic heterocycles. The quantitative estimate of drug-likeness (QED) is 0.0727. The van der Waals surface area contributed by atoms with Gasteiger partial charge in [0, 0.05) is 6.42 Å². The smallest absolute Gasteiger partial charge is 0.353 e. The molecule has 3 rings (SSSR count). The van der Waals surface area contributed by atoms with Crippen molar-refractivity contribution in [2.45, 2.75) is 90.2 Å². The van der Waals surface area contributed by atoms with Crippen LogP contribution in [0.15, 0.2) is 30.2 Å². The normalized spacial score (nSPS) is 13.6. The van der Waals surface area contributed by atoms with Crippen LogP contribution < -0.4 is 5.73 Å². The number of hydrogen-bond donors (Lipinski definition) is 2. The van der Waals surface area contributed by atoms with Gasteiger partial charge < -0.3 is 24.5 Å². The van der Waals surface area contributed by atoms with Crippen LogP contribution in [-0.2, 0) is 20.4 Å². The number of anilines is 1. The molecule has 0 bridgehead atoms. The van der Waals surface area contributed by atoms with Crippen LogP contribution >= 0.6 is 30.7 Å². The first kappa shape index (κ1) is 33.6. The number of unbranched alkanes of at least 4 members (excludes halogenated alkanes) is 9. The van der Waals surface area contributed by atoms with Crippen molar-refractivity contribution in [3.05, 3.63) is 35.0 Å². The first-order valence-corrected chi connectivity index (χ1v) is 18.3. The van der Waals surface area contributed by atoms with Crippen molar-refractivity contribution in [1.29, 1.82) is 0 Å². The number of fused-ring (bicyclic) bond motifs is 1. The van der Waals surface area contributed by atoms with Gasteiger partial charge in [-0.3, -0.25) is 4.57 Å². The van der Waals surface area contributed by atoms with E-state index >= 15 is 0 Å². The van der Waals surface area contributed by atoms with Gasteiger partial charge in [0.05, 0.1) is 30.5 Å². The molecule has 9 nitrogen and oxygen atoms in total. The molecule has 0 amide bonds. The summed E-state index contributed by atoms with van der Waals surface area (Å²) in [7, 11) is -3.80. The van der Waals surface area contributed by atoms with Gasteiger partial charge in [-0.25, -0.2) is 15.0 Å². The molecule has 3 aromatic rings. The van der Waals surface area contributed by atoms with Gasteiger partial charge in [0.2, 0.25) is 0 Å². The Balaban J connectivity index is 1.09. The van der Waals surface area contributed by atoms with E-state index in [1.165, 1.54) is 69.0 Å². The van der Waals surface area contributed by atoms with Crippen molar-refractivity contribution < 1.29 is 18.7 Å². The van der Waals surface area contributed by atoms with Crippen LogP contribution in [0.5, 0.6) is 0 Å². The standard InChI is InChI=1S/C29H44N5O4PS2/c1-25(21-34-23-33-27-28(30)31-22-32-29(27)34)37-24-39(35,36)38-17-14-19-40-18-12-10-8-6-4-2-3-5-7-9-11-15-26-16-13-20-41-26/h13,16,20,22-23,25H,2-10,12,14,17-19,21,24H2,1H3,(H,35,36)(H2,30,31,32)/t25-/m1/s1. The second kappa shape index (κ2) is 19.3. The molecule has 3 heterocycles. The summed E-state index contributed by atoms with van der Waals surface area (Å²) < 4.78 is 24.9. The fraction of sp³-hybridized carbons (Fsp3) is 0.621. The van der Waals surface area contributed by atoms with E-state index in [1.807, 2.05) is 24.8 Å². The summed E-state index contributed by atoms with van der Waals surface area (Å²) in [6.07, 6.45) is 15.7. The monoisotopic (exact) mass is 621 g/mol. The van der Waals surface area contributed by atoms with E-state index in [0.29, 0.717) is 23.5 Å². The van der Waals surface area contributed by atoms with Gasteiger partial charge in [-0.2, -0.15) is 11.8 Å². The van der Waals surface area contributed by atoms with Crippen molar-refractivity contribution in [3.8, 4) is 11.8 Å². The second-order valence-electron chi connectivity index (χ2n) is 10.1. The lowest BCUT2D eigenvalue weighted by molar-refractivity contribution is 0.0718. The zero-order valence-corrected chi connectivity index (χ0v) is 26.6. The van der Waals surface area contributed by atoms with E-state index in [4.69, 9.17) is 15.0 Å². The molecule has 0 spiro atoms. The highest BCUT2D eigenvalue weighted by molar-refractivity contribution is 7.99. The summed E-state index contributed by atoms with van der Waals surface area (Å²) in [6.45, 7) is 2.48. The summed E-state index contributed by atoms with van der Waals surface area (Å²) >= 11 is 3.59. The Bertz CT molecular complexity index is 1250. The van der Waals surface area contributed by atoms with Crippen molar-refractivity contribution in [2.24, 2.45) is 0 Å². The molecule has 0 saturated heterocycles. The molecular weight excluding hydrogens is 577 g/mol. The third kappa shape index (κ3) is 13.7. The molecular formula is C29H44N5O4PS2. The largest absolute Gasteiger partial charge is 0.382 e. The molecule has 3 aromatic heterocycles. The van der Waals surface area contributed by atoms with E-state index < -0.39 is 7.60 Å². The lowest BCUT2D eigenvalue weighted by atomic mass is 10.1. The van der Waals surface area contributed by atoms with Gasteiger partial charge in [0.15, 0.2) is 11.5 Å². The Labute approximate surface area is 252 Å². The number of ether oxygens (including phenoxy) is 1. The Hall–Kier alpha value is -1.93. The summed E-state index contributed by atoms with van der Waals surface area (Å²) in [5.41, 5.74) is 6.94. The zero-order valence-electron chi connectivity index (χ0n) is 24.1. The second-order valence-corrected chi connectivity index (χ2v) is 14.0. The highest BCUT2D eigenvalue weighted by Crippen LogP contribution is 2.42. The summed E-state index contributed by atoms with van der Waals surface area (Å²) in [4.78, 5) is 23.6. The Morgan fingerprint density at radius 3 is 2.56 bits per heavy atom. The number of hydrogen-bond acceptors (Lipinski definition) is 9.